The molecule has 0 aromatic heterocycles. The predicted octanol–water partition coefficient (Wildman–Crippen LogP) is 4.00. The minimum absolute atomic E-state index is 0.186. The first-order chi connectivity index (χ1) is 9.97. The van der Waals surface area contributed by atoms with Crippen molar-refractivity contribution < 1.29 is 23.1 Å². The van der Waals surface area contributed by atoms with E-state index < -0.39 is 24.3 Å². The highest BCUT2D eigenvalue weighted by Gasteiger charge is 2.20. The Bertz CT molecular complexity index is 629. The third kappa shape index (κ3) is 3.75. The molecule has 0 aliphatic heterocycles. The molecule has 0 saturated carbocycles. The van der Waals surface area contributed by atoms with Gasteiger partial charge in [0.05, 0.1) is 0 Å². The van der Waals surface area contributed by atoms with Crippen molar-refractivity contribution in [1.29, 1.82) is 0 Å². The Morgan fingerprint density at radius 3 is 2.19 bits per heavy atom. The van der Waals surface area contributed by atoms with Gasteiger partial charge in [-0.15, -0.1) is 0 Å². The van der Waals surface area contributed by atoms with E-state index in [-0.39, 0.29) is 5.56 Å². The van der Waals surface area contributed by atoms with Crippen LogP contribution >= 0.6 is 0 Å². The van der Waals surface area contributed by atoms with Crippen molar-refractivity contribution in [3.8, 4) is 0 Å². The molecule has 0 radical (unpaired) electrons. The summed E-state index contributed by atoms with van der Waals surface area (Å²) in [5.74, 6) is -1.69. The maximum atomic E-state index is 13.1. The summed E-state index contributed by atoms with van der Waals surface area (Å²) >= 11 is 0. The molecule has 0 saturated heterocycles. The number of halogens is 3. The summed E-state index contributed by atoms with van der Waals surface area (Å²) in [4.78, 5) is 11.3. The van der Waals surface area contributed by atoms with Crippen LogP contribution in [0, 0.1) is 5.82 Å². The zero-order chi connectivity index (χ0) is 15.4. The van der Waals surface area contributed by atoms with E-state index in [0.717, 1.165) is 6.07 Å². The maximum Gasteiger partial charge on any atom is 0.330 e. The second-order valence-electron chi connectivity index (χ2n) is 4.39. The monoisotopic (exact) mass is 295 g/mol. The van der Waals surface area contributed by atoms with Gasteiger partial charge in [-0.05, 0) is 23.8 Å². The highest BCUT2D eigenvalue weighted by atomic mass is 19.3. The summed E-state index contributed by atoms with van der Waals surface area (Å²) in [6, 6.07) is 9.16. The Hall–Kier alpha value is -2.50. The number of benzene rings is 2. The van der Waals surface area contributed by atoms with Crippen LogP contribution in [-0.2, 0) is 4.79 Å². The number of nitrogens with one attached hydrogen (secondary N) is 1. The summed E-state index contributed by atoms with van der Waals surface area (Å²) in [5, 5.41) is 11.9. The van der Waals surface area contributed by atoms with E-state index in [1.54, 1.807) is 0 Å². The van der Waals surface area contributed by atoms with Crippen LogP contribution in [-0.4, -0.2) is 11.1 Å². The number of carboxylic acid groups (broad SMARTS) is 1. The minimum Gasteiger partial charge on any atom is -0.479 e. The van der Waals surface area contributed by atoms with Crippen molar-refractivity contribution in [2.75, 3.05) is 5.32 Å². The molecular formula is C15H12F3NO2. The summed E-state index contributed by atoms with van der Waals surface area (Å²) in [6.07, 6.45) is -2.61. The quantitative estimate of drug-likeness (QED) is 0.876. The van der Waals surface area contributed by atoms with E-state index in [9.17, 15) is 23.1 Å². The number of rotatable bonds is 5. The van der Waals surface area contributed by atoms with Gasteiger partial charge in [0, 0.05) is 11.3 Å². The second kappa shape index (κ2) is 6.30. The molecule has 2 aromatic carbocycles. The number of carboxylic acids is 1. The molecule has 0 fully saturated rings. The summed E-state index contributed by atoms with van der Waals surface area (Å²) in [5.41, 5.74) is 0.408. The van der Waals surface area contributed by atoms with Gasteiger partial charge in [-0.3, -0.25) is 0 Å². The van der Waals surface area contributed by atoms with Crippen molar-refractivity contribution in [2.24, 2.45) is 0 Å². The van der Waals surface area contributed by atoms with Gasteiger partial charge < -0.3 is 10.4 Å². The molecule has 2 N–H and O–H groups in total. The molecular weight excluding hydrogens is 283 g/mol. The molecule has 6 heteroatoms. The maximum absolute atomic E-state index is 13.1. The highest BCUT2D eigenvalue weighted by molar-refractivity contribution is 5.79. The molecule has 110 valence electrons. The summed E-state index contributed by atoms with van der Waals surface area (Å²) in [7, 11) is 0. The van der Waals surface area contributed by atoms with Crippen LogP contribution in [0.3, 0.4) is 0 Å². The third-order valence-corrected chi connectivity index (χ3v) is 2.90. The van der Waals surface area contributed by atoms with Gasteiger partial charge in [-0.1, -0.05) is 30.3 Å². The number of hydrogen-bond donors (Lipinski definition) is 2. The van der Waals surface area contributed by atoms with Gasteiger partial charge in [0.15, 0.2) is 6.04 Å². The fourth-order valence-electron chi connectivity index (χ4n) is 1.87. The van der Waals surface area contributed by atoms with E-state index in [1.165, 1.54) is 42.5 Å². The predicted molar refractivity (Wildman–Crippen MR) is 71.8 cm³/mol. The van der Waals surface area contributed by atoms with Crippen LogP contribution < -0.4 is 5.32 Å². The molecule has 0 spiro atoms. The summed E-state index contributed by atoms with van der Waals surface area (Å²) in [6.45, 7) is 0. The van der Waals surface area contributed by atoms with Crippen LogP contribution in [0.5, 0.6) is 0 Å². The number of hydrogen-bond acceptors (Lipinski definition) is 2. The van der Waals surface area contributed by atoms with Crippen LogP contribution in [0.25, 0.3) is 0 Å². The number of carbonyl (C=O) groups is 1. The lowest BCUT2D eigenvalue weighted by atomic mass is 10.0. The fraction of sp³-hybridized carbons (Fsp3) is 0.133. The van der Waals surface area contributed by atoms with Crippen molar-refractivity contribution in [3.63, 3.8) is 0 Å². The first-order valence-corrected chi connectivity index (χ1v) is 6.10. The van der Waals surface area contributed by atoms with Crippen molar-refractivity contribution in [2.45, 2.75) is 12.5 Å². The molecule has 1 unspecified atom stereocenters. The SMILES string of the molecule is O=C(O)C(Nc1cccc(F)c1)c1ccc(C(F)F)cc1. The molecule has 0 aliphatic rings. The van der Waals surface area contributed by atoms with Crippen LogP contribution in [0.2, 0.25) is 0 Å². The smallest absolute Gasteiger partial charge is 0.330 e. The molecule has 21 heavy (non-hydrogen) atoms. The first-order valence-electron chi connectivity index (χ1n) is 6.10. The molecule has 1 atom stereocenters. The first kappa shape index (κ1) is 14.9. The Labute approximate surface area is 119 Å². The van der Waals surface area contributed by atoms with Gasteiger partial charge in [0.25, 0.3) is 6.43 Å². The molecule has 2 rings (SSSR count). The van der Waals surface area contributed by atoms with E-state index in [0.29, 0.717) is 11.3 Å². The van der Waals surface area contributed by atoms with Gasteiger partial charge in [-0.2, -0.15) is 0 Å². The fourth-order valence-corrected chi connectivity index (χ4v) is 1.87. The normalized spacial score (nSPS) is 12.2. The van der Waals surface area contributed by atoms with Gasteiger partial charge in [0.2, 0.25) is 0 Å². The van der Waals surface area contributed by atoms with Crippen molar-refractivity contribution in [3.05, 3.63) is 65.5 Å². The lowest BCUT2D eigenvalue weighted by Crippen LogP contribution is -2.20. The number of anilines is 1. The zero-order valence-corrected chi connectivity index (χ0v) is 10.8. The molecule has 2 aromatic rings. The van der Waals surface area contributed by atoms with Crippen LogP contribution in [0.15, 0.2) is 48.5 Å². The van der Waals surface area contributed by atoms with Crippen molar-refractivity contribution >= 4 is 11.7 Å². The molecule has 0 amide bonds. The van der Waals surface area contributed by atoms with E-state index in [1.807, 2.05) is 0 Å². The Morgan fingerprint density at radius 2 is 1.67 bits per heavy atom. The minimum atomic E-state index is -2.61. The van der Waals surface area contributed by atoms with E-state index in [2.05, 4.69) is 5.32 Å². The lowest BCUT2D eigenvalue weighted by molar-refractivity contribution is -0.138. The van der Waals surface area contributed by atoms with Gasteiger partial charge in [0.1, 0.15) is 5.82 Å². The number of aliphatic carboxylic acids is 1. The average molecular weight is 295 g/mol. The van der Waals surface area contributed by atoms with E-state index in [4.69, 9.17) is 0 Å². The van der Waals surface area contributed by atoms with Crippen LogP contribution in [0.1, 0.15) is 23.6 Å². The topological polar surface area (TPSA) is 49.3 Å². The second-order valence-corrected chi connectivity index (χ2v) is 4.39. The molecule has 3 nitrogen and oxygen atoms in total. The lowest BCUT2D eigenvalue weighted by Gasteiger charge is -2.16. The Morgan fingerprint density at radius 1 is 1.05 bits per heavy atom. The van der Waals surface area contributed by atoms with Gasteiger partial charge >= 0.3 is 5.97 Å². The third-order valence-electron chi connectivity index (χ3n) is 2.90. The highest BCUT2D eigenvalue weighted by Crippen LogP contribution is 2.24. The van der Waals surface area contributed by atoms with Crippen molar-refractivity contribution in [1.82, 2.24) is 0 Å². The Kier molecular flexibility index (Phi) is 4.47. The zero-order valence-electron chi connectivity index (χ0n) is 10.8. The number of alkyl halides is 2. The largest absolute Gasteiger partial charge is 0.479 e. The summed E-state index contributed by atoms with van der Waals surface area (Å²) < 4.78 is 38.0. The van der Waals surface area contributed by atoms with Gasteiger partial charge in [-0.25, -0.2) is 18.0 Å². The van der Waals surface area contributed by atoms with E-state index >= 15 is 0 Å². The molecule has 0 bridgehead atoms. The molecule has 0 heterocycles. The standard InChI is InChI=1S/C15H12F3NO2/c16-11-2-1-3-12(8-11)19-13(15(20)21)9-4-6-10(7-5-9)14(17)18/h1-8,13-14,19H,(H,20,21). The molecule has 0 aliphatic carbocycles. The Balaban J connectivity index is 2.24. The average Bonchev–Trinajstić information content (AvgIpc) is 2.44. The van der Waals surface area contributed by atoms with Crippen LogP contribution in [0.4, 0.5) is 18.9 Å².